The number of rotatable bonds is 10. The summed E-state index contributed by atoms with van der Waals surface area (Å²) in [5, 5.41) is 40.2. The monoisotopic (exact) mass is 628 g/mol. The van der Waals surface area contributed by atoms with Gasteiger partial charge in [-0.1, -0.05) is 13.0 Å². The average molecular weight is 629 g/mol. The first kappa shape index (κ1) is 33.8. The summed E-state index contributed by atoms with van der Waals surface area (Å²) in [6, 6.07) is 0. The molecule has 4 aliphatic rings. The summed E-state index contributed by atoms with van der Waals surface area (Å²) in [6.45, 7) is 6.25. The lowest BCUT2D eigenvalue weighted by molar-refractivity contribution is -0.339. The topological polar surface area (TPSA) is 214 Å². The van der Waals surface area contributed by atoms with Crippen LogP contribution in [0.15, 0.2) is 24.5 Å². The van der Waals surface area contributed by atoms with Gasteiger partial charge in [0.05, 0.1) is 38.8 Å². The van der Waals surface area contributed by atoms with Gasteiger partial charge in [-0.05, 0) is 24.7 Å². The first-order valence-corrected chi connectivity index (χ1v) is 14.5. The molecule has 44 heavy (non-hydrogen) atoms. The van der Waals surface area contributed by atoms with Crippen LogP contribution < -0.4 is 0 Å². The highest BCUT2D eigenvalue weighted by Gasteiger charge is 2.55. The Labute approximate surface area is 253 Å². The SMILES string of the molecule is C=C[C@@H]1[C@H](O[C@@H]2O[C@H](CO)[C@@H](O)[C@H](O)[C@H]2O)OC=C(C(=O)O[C@H]2C[C@@H]3[C@@H](C(=O)OC)C(=O)OC[C@@H]3[C@H]2C)[C@H]1CCOC(C)=O. The standard InChI is InChI=1S/C29H40O15/c1-5-14-15(6-7-39-13(3)31)18(11-41-28(14)44-29-24(34)23(33)22(32)20(9-30)43-29)25(35)42-19-8-16-17(12(19)2)10-40-27(37)21(16)26(36)38-4/h5,11-12,14-17,19-24,28-30,32-34H,1,6-10H2,2-4H3/t12-,14+,15+,16+,17-,19+,20-,21+,22-,23+,24-,28+,29+/m1/s1. The molecule has 3 aliphatic heterocycles. The molecule has 0 aromatic heterocycles. The number of ether oxygens (including phenoxy) is 7. The molecule has 3 heterocycles. The fourth-order valence-electron chi connectivity index (χ4n) is 6.49. The Bertz CT molecular complexity index is 1110. The van der Waals surface area contributed by atoms with Gasteiger partial charge in [-0.3, -0.25) is 14.4 Å². The summed E-state index contributed by atoms with van der Waals surface area (Å²) in [7, 11) is 1.19. The zero-order chi connectivity index (χ0) is 32.3. The molecule has 13 atom stereocenters. The molecule has 3 fully saturated rings. The van der Waals surface area contributed by atoms with E-state index in [0.717, 1.165) is 6.26 Å². The molecule has 15 nitrogen and oxygen atoms in total. The van der Waals surface area contributed by atoms with Gasteiger partial charge in [0, 0.05) is 24.7 Å². The van der Waals surface area contributed by atoms with Gasteiger partial charge in [0.1, 0.15) is 30.5 Å². The van der Waals surface area contributed by atoms with Crippen LogP contribution in [0.4, 0.5) is 0 Å². The van der Waals surface area contributed by atoms with Crippen LogP contribution in [-0.2, 0) is 52.3 Å². The van der Waals surface area contributed by atoms with Gasteiger partial charge in [0.25, 0.3) is 0 Å². The van der Waals surface area contributed by atoms with Crippen molar-refractivity contribution in [2.75, 3.05) is 26.9 Å². The second-order valence-corrected chi connectivity index (χ2v) is 11.5. The Hall–Kier alpha value is -3.08. The van der Waals surface area contributed by atoms with E-state index in [9.17, 15) is 39.6 Å². The van der Waals surface area contributed by atoms with E-state index >= 15 is 0 Å². The molecule has 246 valence electrons. The fraction of sp³-hybridized carbons (Fsp3) is 0.724. The molecule has 1 saturated carbocycles. The highest BCUT2D eigenvalue weighted by atomic mass is 16.8. The van der Waals surface area contributed by atoms with Gasteiger partial charge < -0.3 is 53.6 Å². The van der Waals surface area contributed by atoms with Gasteiger partial charge in [0.2, 0.25) is 6.29 Å². The maximum Gasteiger partial charge on any atom is 0.337 e. The second-order valence-electron chi connectivity index (χ2n) is 11.5. The zero-order valence-corrected chi connectivity index (χ0v) is 24.7. The van der Waals surface area contributed by atoms with Gasteiger partial charge >= 0.3 is 23.9 Å². The minimum Gasteiger partial charge on any atom is -0.471 e. The van der Waals surface area contributed by atoms with Crippen LogP contribution in [0, 0.1) is 35.5 Å². The van der Waals surface area contributed by atoms with E-state index in [0.29, 0.717) is 0 Å². The van der Waals surface area contributed by atoms with Crippen molar-refractivity contribution in [1.82, 2.24) is 0 Å². The third-order valence-electron chi connectivity index (χ3n) is 9.00. The second kappa shape index (κ2) is 14.3. The quantitative estimate of drug-likeness (QED) is 0.0983. The predicted octanol–water partition coefficient (Wildman–Crippen LogP) is -1.06. The van der Waals surface area contributed by atoms with E-state index in [1.54, 1.807) is 0 Å². The molecule has 4 rings (SSSR count). The van der Waals surface area contributed by atoms with Crippen LogP contribution in [0.2, 0.25) is 0 Å². The molecular weight excluding hydrogens is 588 g/mol. The molecular formula is C29H40O15. The molecule has 0 aromatic rings. The van der Waals surface area contributed by atoms with Crippen molar-refractivity contribution in [3.05, 3.63) is 24.5 Å². The first-order chi connectivity index (χ1) is 20.9. The summed E-state index contributed by atoms with van der Waals surface area (Å²) >= 11 is 0. The molecule has 1 aliphatic carbocycles. The summed E-state index contributed by atoms with van der Waals surface area (Å²) in [5.74, 6) is -6.23. The molecule has 0 radical (unpaired) electrons. The molecule has 0 amide bonds. The Balaban J connectivity index is 1.53. The molecule has 0 spiro atoms. The number of hydrogen-bond donors (Lipinski definition) is 4. The van der Waals surface area contributed by atoms with E-state index in [1.165, 1.54) is 20.1 Å². The van der Waals surface area contributed by atoms with E-state index in [4.69, 9.17) is 33.2 Å². The largest absolute Gasteiger partial charge is 0.471 e. The van der Waals surface area contributed by atoms with Gasteiger partial charge in [-0.25, -0.2) is 4.79 Å². The number of methoxy groups -OCH3 is 1. The lowest BCUT2D eigenvalue weighted by atomic mass is 9.80. The van der Waals surface area contributed by atoms with Crippen molar-refractivity contribution < 1.29 is 72.8 Å². The van der Waals surface area contributed by atoms with Crippen LogP contribution in [0.3, 0.4) is 0 Å². The highest BCUT2D eigenvalue weighted by Crippen LogP contribution is 2.47. The fourth-order valence-corrected chi connectivity index (χ4v) is 6.49. The third-order valence-corrected chi connectivity index (χ3v) is 9.00. The highest BCUT2D eigenvalue weighted by molar-refractivity contribution is 5.96. The number of aliphatic hydroxyl groups is 4. The van der Waals surface area contributed by atoms with Crippen LogP contribution in [0.5, 0.6) is 0 Å². The number of cyclic esters (lactones) is 1. The lowest BCUT2D eigenvalue weighted by Crippen LogP contribution is -2.60. The summed E-state index contributed by atoms with van der Waals surface area (Å²) < 4.78 is 38.1. The Morgan fingerprint density at radius 3 is 2.48 bits per heavy atom. The zero-order valence-electron chi connectivity index (χ0n) is 24.7. The predicted molar refractivity (Wildman–Crippen MR) is 143 cm³/mol. The van der Waals surface area contributed by atoms with Crippen LogP contribution >= 0.6 is 0 Å². The number of aliphatic hydroxyl groups excluding tert-OH is 4. The summed E-state index contributed by atoms with van der Waals surface area (Å²) in [5.41, 5.74) is 0.0784. The average Bonchev–Trinajstić information content (AvgIpc) is 3.30. The maximum atomic E-state index is 13.6. The van der Waals surface area contributed by atoms with Crippen LogP contribution in [0.25, 0.3) is 0 Å². The van der Waals surface area contributed by atoms with Crippen molar-refractivity contribution in [3.63, 3.8) is 0 Å². The van der Waals surface area contributed by atoms with E-state index < -0.39 is 97.3 Å². The molecule has 15 heteroatoms. The molecule has 0 bridgehead atoms. The molecule has 2 saturated heterocycles. The van der Waals surface area contributed by atoms with Gasteiger partial charge in [0.15, 0.2) is 12.2 Å². The lowest BCUT2D eigenvalue weighted by Gasteiger charge is -2.43. The van der Waals surface area contributed by atoms with Crippen LogP contribution in [0.1, 0.15) is 26.7 Å². The minimum atomic E-state index is -1.70. The first-order valence-electron chi connectivity index (χ1n) is 14.5. The Kier molecular flexibility index (Phi) is 11.0. The number of esters is 4. The van der Waals surface area contributed by atoms with Crippen molar-refractivity contribution in [2.45, 2.75) is 69.8 Å². The van der Waals surface area contributed by atoms with E-state index in [-0.39, 0.29) is 43.5 Å². The number of hydrogen-bond acceptors (Lipinski definition) is 15. The number of carbonyl (C=O) groups is 4. The van der Waals surface area contributed by atoms with Crippen molar-refractivity contribution >= 4 is 23.9 Å². The van der Waals surface area contributed by atoms with Crippen molar-refractivity contribution in [2.24, 2.45) is 35.5 Å². The molecule has 0 unspecified atom stereocenters. The summed E-state index contributed by atoms with van der Waals surface area (Å²) in [6.07, 6.45) is -6.68. The smallest absolute Gasteiger partial charge is 0.337 e. The summed E-state index contributed by atoms with van der Waals surface area (Å²) in [4.78, 5) is 49.8. The molecule has 4 N–H and O–H groups in total. The van der Waals surface area contributed by atoms with E-state index in [2.05, 4.69) is 6.58 Å². The Morgan fingerprint density at radius 1 is 1.11 bits per heavy atom. The van der Waals surface area contributed by atoms with Gasteiger partial charge in [-0.15, -0.1) is 6.58 Å². The minimum absolute atomic E-state index is 0.0774. The third kappa shape index (κ3) is 6.77. The molecule has 0 aromatic carbocycles. The number of fused-ring (bicyclic) bond motifs is 1. The maximum absolute atomic E-state index is 13.6. The van der Waals surface area contributed by atoms with Crippen molar-refractivity contribution in [1.29, 1.82) is 0 Å². The van der Waals surface area contributed by atoms with E-state index in [1.807, 2.05) is 6.92 Å². The van der Waals surface area contributed by atoms with Gasteiger partial charge in [-0.2, -0.15) is 0 Å². The van der Waals surface area contributed by atoms with Crippen molar-refractivity contribution in [3.8, 4) is 0 Å². The Morgan fingerprint density at radius 2 is 1.84 bits per heavy atom. The number of carbonyl (C=O) groups excluding carboxylic acids is 4. The normalized spacial score (nSPS) is 40.0. The van der Waals surface area contributed by atoms with Crippen LogP contribution in [-0.4, -0.2) is 114 Å².